The van der Waals surface area contributed by atoms with Crippen molar-refractivity contribution < 1.29 is 4.42 Å². The maximum atomic E-state index is 6.49. The van der Waals surface area contributed by atoms with E-state index in [-0.39, 0.29) is 0 Å². The fraction of sp³-hybridized carbons (Fsp3) is 0. The predicted octanol–water partition coefficient (Wildman–Crippen LogP) is 13.0. The molecule has 11 rings (SSSR count). The molecule has 0 fully saturated rings. The van der Waals surface area contributed by atoms with E-state index < -0.39 is 0 Å². The highest BCUT2D eigenvalue weighted by molar-refractivity contribution is 6.24. The van der Waals surface area contributed by atoms with E-state index in [4.69, 9.17) is 19.4 Å². The van der Waals surface area contributed by atoms with Gasteiger partial charge in [-0.05, 0) is 91.0 Å². The molecule has 2 heterocycles. The fourth-order valence-corrected chi connectivity index (χ4v) is 7.92. The molecule has 4 heteroatoms. The Kier molecular flexibility index (Phi) is 6.52. The van der Waals surface area contributed by atoms with Crippen LogP contribution < -0.4 is 0 Å². The Morgan fingerprint density at radius 2 is 0.868 bits per heavy atom. The van der Waals surface area contributed by atoms with E-state index in [9.17, 15) is 0 Å². The van der Waals surface area contributed by atoms with Crippen molar-refractivity contribution in [3.63, 3.8) is 0 Å². The maximum Gasteiger partial charge on any atom is 0.164 e. The van der Waals surface area contributed by atoms with E-state index in [1.165, 1.54) is 32.3 Å². The van der Waals surface area contributed by atoms with E-state index in [1.54, 1.807) is 0 Å². The van der Waals surface area contributed by atoms with Gasteiger partial charge in [0.05, 0.1) is 0 Å². The number of furan rings is 1. The average Bonchev–Trinajstić information content (AvgIpc) is 3.61. The summed E-state index contributed by atoms with van der Waals surface area (Å²) in [6, 6.07) is 61.6. The summed E-state index contributed by atoms with van der Waals surface area (Å²) in [5.41, 5.74) is 8.90. The van der Waals surface area contributed by atoms with Gasteiger partial charge in [0.25, 0.3) is 0 Å². The van der Waals surface area contributed by atoms with Gasteiger partial charge in [-0.1, -0.05) is 140 Å². The molecule has 0 saturated carbocycles. The molecule has 53 heavy (non-hydrogen) atoms. The Morgan fingerprint density at radius 3 is 1.62 bits per heavy atom. The molecule has 11 aromatic rings. The molecule has 0 aliphatic rings. The van der Waals surface area contributed by atoms with Gasteiger partial charge >= 0.3 is 0 Å². The van der Waals surface area contributed by atoms with E-state index in [0.29, 0.717) is 17.5 Å². The lowest BCUT2D eigenvalue weighted by Crippen LogP contribution is -2.00. The van der Waals surface area contributed by atoms with Crippen LogP contribution in [-0.4, -0.2) is 15.0 Å². The van der Waals surface area contributed by atoms with E-state index >= 15 is 0 Å². The average molecular weight is 676 g/mol. The Hall–Kier alpha value is -7.17. The molecule has 0 saturated heterocycles. The standard InChI is InChI=1S/C49H29N3O/c1-3-10-30(11-4-1)34-16-8-17-38(26-34)48-50-47(33-12-5-2-6-13-33)51-49(52-48)40-18-9-19-43-46(40)41-29-35(24-25-42(41)53-43)39-27-36-22-20-31-14-7-15-32-21-23-37(28-39)45(36)44(31)32/h1-29H. The zero-order valence-corrected chi connectivity index (χ0v) is 28.5. The SMILES string of the molecule is c1ccc(-c2cccc(-c3nc(-c4ccccc4)nc(-c4cccc5oc6ccc(-c7cc8ccc9cccc%10ccc(c7)c8c9%10)cc6c45)n3)c2)cc1. The molecule has 0 atom stereocenters. The Morgan fingerprint density at radius 1 is 0.302 bits per heavy atom. The number of hydrogen-bond acceptors (Lipinski definition) is 4. The maximum absolute atomic E-state index is 6.49. The number of fused-ring (bicyclic) bond motifs is 3. The summed E-state index contributed by atoms with van der Waals surface area (Å²) < 4.78 is 6.49. The third kappa shape index (κ3) is 4.88. The van der Waals surface area contributed by atoms with Crippen LogP contribution in [0.25, 0.3) is 111 Å². The van der Waals surface area contributed by atoms with Gasteiger partial charge in [-0.15, -0.1) is 0 Å². The van der Waals surface area contributed by atoms with Crippen LogP contribution in [0.2, 0.25) is 0 Å². The van der Waals surface area contributed by atoms with Crippen molar-refractivity contribution in [1.29, 1.82) is 0 Å². The van der Waals surface area contributed by atoms with Gasteiger partial charge in [0.2, 0.25) is 0 Å². The molecule has 9 aromatic carbocycles. The van der Waals surface area contributed by atoms with Crippen molar-refractivity contribution in [2.75, 3.05) is 0 Å². The van der Waals surface area contributed by atoms with Crippen molar-refractivity contribution in [3.8, 4) is 56.4 Å². The Labute approximate surface area is 305 Å². The van der Waals surface area contributed by atoms with Gasteiger partial charge in [-0.3, -0.25) is 0 Å². The predicted molar refractivity (Wildman–Crippen MR) is 218 cm³/mol. The lowest BCUT2D eigenvalue weighted by Gasteiger charge is -2.13. The molecule has 0 radical (unpaired) electrons. The van der Waals surface area contributed by atoms with E-state index in [1.807, 2.05) is 48.5 Å². The number of rotatable bonds is 5. The highest BCUT2D eigenvalue weighted by atomic mass is 16.3. The highest BCUT2D eigenvalue weighted by Crippen LogP contribution is 2.41. The van der Waals surface area contributed by atoms with Gasteiger partial charge in [-0.25, -0.2) is 15.0 Å². The van der Waals surface area contributed by atoms with Crippen LogP contribution in [0.4, 0.5) is 0 Å². The number of benzene rings is 9. The summed E-state index contributed by atoms with van der Waals surface area (Å²) in [6.45, 7) is 0. The summed E-state index contributed by atoms with van der Waals surface area (Å²) in [7, 11) is 0. The second kappa shape index (κ2) is 11.7. The number of hydrogen-bond donors (Lipinski definition) is 0. The molecule has 0 aliphatic heterocycles. The molecule has 0 spiro atoms. The van der Waals surface area contributed by atoms with Gasteiger partial charge in [-0.2, -0.15) is 0 Å². The third-order valence-corrected chi connectivity index (χ3v) is 10.4. The van der Waals surface area contributed by atoms with Gasteiger partial charge in [0.15, 0.2) is 17.5 Å². The zero-order valence-electron chi connectivity index (χ0n) is 28.5. The third-order valence-electron chi connectivity index (χ3n) is 10.4. The Bertz CT molecular complexity index is 3100. The Balaban J connectivity index is 1.10. The summed E-state index contributed by atoms with van der Waals surface area (Å²) >= 11 is 0. The number of aromatic nitrogens is 3. The number of nitrogens with zero attached hydrogens (tertiary/aromatic N) is 3. The minimum absolute atomic E-state index is 0.598. The van der Waals surface area contributed by atoms with Crippen molar-refractivity contribution in [2.24, 2.45) is 0 Å². The fourth-order valence-electron chi connectivity index (χ4n) is 7.92. The van der Waals surface area contributed by atoms with Gasteiger partial charge < -0.3 is 4.42 Å². The normalized spacial score (nSPS) is 11.8. The first-order valence-electron chi connectivity index (χ1n) is 17.8. The zero-order chi connectivity index (χ0) is 34.9. The van der Waals surface area contributed by atoms with Crippen LogP contribution in [0.5, 0.6) is 0 Å². The van der Waals surface area contributed by atoms with Crippen molar-refractivity contribution in [1.82, 2.24) is 15.0 Å². The lowest BCUT2D eigenvalue weighted by molar-refractivity contribution is 0.669. The molecule has 2 aromatic heterocycles. The largest absolute Gasteiger partial charge is 0.456 e. The van der Waals surface area contributed by atoms with Crippen LogP contribution in [0.3, 0.4) is 0 Å². The smallest absolute Gasteiger partial charge is 0.164 e. The van der Waals surface area contributed by atoms with Crippen molar-refractivity contribution >= 4 is 54.3 Å². The van der Waals surface area contributed by atoms with Crippen molar-refractivity contribution in [3.05, 3.63) is 176 Å². The van der Waals surface area contributed by atoms with Crippen LogP contribution in [0.15, 0.2) is 180 Å². The first-order valence-corrected chi connectivity index (χ1v) is 17.8. The minimum atomic E-state index is 0.598. The van der Waals surface area contributed by atoms with Crippen molar-refractivity contribution in [2.45, 2.75) is 0 Å². The molecule has 0 N–H and O–H groups in total. The lowest BCUT2D eigenvalue weighted by atomic mass is 9.91. The molecule has 4 nitrogen and oxygen atoms in total. The first kappa shape index (κ1) is 29.5. The van der Waals surface area contributed by atoms with Crippen LogP contribution in [-0.2, 0) is 0 Å². The van der Waals surface area contributed by atoms with Crippen LogP contribution >= 0.6 is 0 Å². The van der Waals surface area contributed by atoms with E-state index in [2.05, 4.69) is 127 Å². The molecule has 0 unspecified atom stereocenters. The molecular weight excluding hydrogens is 647 g/mol. The summed E-state index contributed by atoms with van der Waals surface area (Å²) in [5, 5.41) is 9.66. The quantitative estimate of drug-likeness (QED) is 0.170. The second-order valence-corrected chi connectivity index (χ2v) is 13.6. The molecule has 0 aliphatic carbocycles. The summed E-state index contributed by atoms with van der Waals surface area (Å²) in [5.74, 6) is 1.83. The molecular formula is C49H29N3O. The second-order valence-electron chi connectivity index (χ2n) is 13.6. The van der Waals surface area contributed by atoms with E-state index in [0.717, 1.165) is 60.9 Å². The first-order chi connectivity index (χ1) is 26.2. The molecule has 0 amide bonds. The molecule has 0 bridgehead atoms. The molecule has 246 valence electrons. The minimum Gasteiger partial charge on any atom is -0.456 e. The van der Waals surface area contributed by atoms with Crippen LogP contribution in [0.1, 0.15) is 0 Å². The van der Waals surface area contributed by atoms with Crippen LogP contribution in [0, 0.1) is 0 Å². The monoisotopic (exact) mass is 675 g/mol. The highest BCUT2D eigenvalue weighted by Gasteiger charge is 2.19. The summed E-state index contributed by atoms with van der Waals surface area (Å²) in [4.78, 5) is 15.3. The topological polar surface area (TPSA) is 51.8 Å². The summed E-state index contributed by atoms with van der Waals surface area (Å²) in [6.07, 6.45) is 0. The van der Waals surface area contributed by atoms with Gasteiger partial charge in [0, 0.05) is 27.5 Å². The van der Waals surface area contributed by atoms with Gasteiger partial charge in [0.1, 0.15) is 11.2 Å².